The van der Waals surface area contributed by atoms with Crippen LogP contribution in [0.25, 0.3) is 16.0 Å². The maximum Gasteiger partial charge on any atom is 0.263 e. The average molecular weight is 610 g/mol. The molecule has 42 heavy (non-hydrogen) atoms. The number of Topliss-reactive ketones (excluding diaryl/α,β-unsaturated/α-hetero) is 1. The van der Waals surface area contributed by atoms with Crippen molar-refractivity contribution in [3.63, 3.8) is 0 Å². The van der Waals surface area contributed by atoms with Gasteiger partial charge in [-0.1, -0.05) is 17.8 Å². The first-order valence-electron chi connectivity index (χ1n) is 13.2. The minimum Gasteiger partial charge on any atom is -0.496 e. The number of hydrogen-bond donors (Lipinski definition) is 1. The molecule has 0 aliphatic carbocycles. The van der Waals surface area contributed by atoms with E-state index in [1.165, 1.54) is 30.3 Å². The van der Waals surface area contributed by atoms with E-state index >= 15 is 0 Å². The van der Waals surface area contributed by atoms with Gasteiger partial charge >= 0.3 is 0 Å². The van der Waals surface area contributed by atoms with E-state index < -0.39 is 10.0 Å². The summed E-state index contributed by atoms with van der Waals surface area (Å²) in [6.07, 6.45) is 0. The number of thiophene rings is 1. The van der Waals surface area contributed by atoms with Gasteiger partial charge in [0, 0.05) is 58.9 Å². The average Bonchev–Trinajstić information content (AvgIpc) is 3.68. The fraction of sp³-hybridized carbons (Fsp3) is 0.267. The van der Waals surface area contributed by atoms with Crippen LogP contribution in [0.3, 0.4) is 0 Å². The molecule has 0 bridgehead atoms. The quantitative estimate of drug-likeness (QED) is 0.172. The van der Waals surface area contributed by atoms with Gasteiger partial charge in [0.15, 0.2) is 11.6 Å². The van der Waals surface area contributed by atoms with Crippen molar-refractivity contribution in [2.45, 2.75) is 11.8 Å². The molecule has 4 aromatic rings. The van der Waals surface area contributed by atoms with Crippen molar-refractivity contribution in [1.82, 2.24) is 10.1 Å². The Morgan fingerprint density at radius 1 is 1.12 bits per heavy atom. The van der Waals surface area contributed by atoms with Crippen LogP contribution in [0.1, 0.15) is 21.7 Å². The SMILES string of the molecule is C=C(C(=O)c1ccc(S(=O)(=O)Nc2cc(C)on2)cc1)c1cc(-c2cccs2)c(OC)cc1OCCN1CCOCC1. The number of benzene rings is 2. The molecule has 0 saturated carbocycles. The third-order valence-corrected chi connectivity index (χ3v) is 9.02. The van der Waals surface area contributed by atoms with Gasteiger partial charge in [0.05, 0.1) is 25.2 Å². The normalized spacial score (nSPS) is 14.0. The van der Waals surface area contributed by atoms with E-state index in [9.17, 15) is 13.2 Å². The highest BCUT2D eigenvalue weighted by molar-refractivity contribution is 7.92. The summed E-state index contributed by atoms with van der Waals surface area (Å²) in [6.45, 7) is 9.94. The van der Waals surface area contributed by atoms with Crippen LogP contribution in [0.2, 0.25) is 0 Å². The fourth-order valence-corrected chi connectivity index (χ4v) is 6.24. The molecule has 0 atom stereocenters. The van der Waals surface area contributed by atoms with Gasteiger partial charge in [0.2, 0.25) is 0 Å². The van der Waals surface area contributed by atoms with Crippen molar-refractivity contribution in [1.29, 1.82) is 0 Å². The molecule has 1 aliphatic heterocycles. The number of morpholine rings is 1. The first-order chi connectivity index (χ1) is 20.2. The van der Waals surface area contributed by atoms with Gasteiger partial charge in [-0.05, 0) is 48.7 Å². The van der Waals surface area contributed by atoms with Gasteiger partial charge in [0.1, 0.15) is 23.9 Å². The Morgan fingerprint density at radius 2 is 1.88 bits per heavy atom. The molecule has 220 valence electrons. The molecule has 1 fully saturated rings. The molecule has 0 radical (unpaired) electrons. The fourth-order valence-electron chi connectivity index (χ4n) is 4.51. The van der Waals surface area contributed by atoms with Crippen LogP contribution in [0.4, 0.5) is 5.82 Å². The minimum atomic E-state index is -3.93. The number of methoxy groups -OCH3 is 1. The van der Waals surface area contributed by atoms with E-state index in [4.69, 9.17) is 18.7 Å². The summed E-state index contributed by atoms with van der Waals surface area (Å²) in [6, 6.07) is 14.7. The number of anilines is 1. The molecule has 1 aliphatic rings. The summed E-state index contributed by atoms with van der Waals surface area (Å²) in [7, 11) is -2.34. The second kappa shape index (κ2) is 12.9. The molecule has 0 amide bonds. The number of hydrogen-bond acceptors (Lipinski definition) is 10. The first-order valence-corrected chi connectivity index (χ1v) is 15.6. The topological polar surface area (TPSA) is 120 Å². The number of sulfonamides is 1. The summed E-state index contributed by atoms with van der Waals surface area (Å²) < 4.78 is 50.2. The number of nitrogens with zero attached hydrogens (tertiary/aromatic N) is 2. The lowest BCUT2D eigenvalue weighted by atomic mass is 9.95. The van der Waals surface area contributed by atoms with Crippen LogP contribution < -0.4 is 14.2 Å². The van der Waals surface area contributed by atoms with Gasteiger partial charge in [-0.3, -0.25) is 14.4 Å². The van der Waals surface area contributed by atoms with Gasteiger partial charge in [-0.25, -0.2) is 8.42 Å². The molecule has 1 saturated heterocycles. The highest BCUT2D eigenvalue weighted by Gasteiger charge is 2.23. The number of aryl methyl sites for hydroxylation is 1. The molecule has 10 nitrogen and oxygen atoms in total. The van der Waals surface area contributed by atoms with E-state index in [1.807, 2.05) is 23.6 Å². The zero-order valence-corrected chi connectivity index (χ0v) is 24.9. The Kier molecular flexibility index (Phi) is 9.07. The Labute approximate surface area is 248 Å². The Bertz CT molecular complexity index is 1660. The molecule has 2 aromatic carbocycles. The molecule has 12 heteroatoms. The van der Waals surface area contributed by atoms with Gasteiger partial charge in [-0.15, -0.1) is 11.3 Å². The number of carbonyl (C=O) groups is 1. The zero-order chi connectivity index (χ0) is 29.7. The Balaban J connectivity index is 1.40. The van der Waals surface area contributed by atoms with E-state index in [0.717, 1.165) is 23.5 Å². The van der Waals surface area contributed by atoms with E-state index in [1.54, 1.807) is 31.4 Å². The maximum absolute atomic E-state index is 13.6. The van der Waals surface area contributed by atoms with E-state index in [-0.39, 0.29) is 27.6 Å². The monoisotopic (exact) mass is 609 g/mol. The molecule has 5 rings (SSSR count). The second-order valence-corrected chi connectivity index (χ2v) is 12.2. The highest BCUT2D eigenvalue weighted by atomic mass is 32.2. The van der Waals surface area contributed by atoms with Gasteiger partial charge < -0.3 is 18.7 Å². The van der Waals surface area contributed by atoms with E-state index in [0.29, 0.717) is 49.2 Å². The number of ketones is 1. The largest absolute Gasteiger partial charge is 0.496 e. The third kappa shape index (κ3) is 6.73. The number of nitrogens with one attached hydrogen (secondary N) is 1. The van der Waals surface area contributed by atoms with Crippen LogP contribution in [0, 0.1) is 6.92 Å². The van der Waals surface area contributed by atoms with Crippen molar-refractivity contribution in [3.05, 3.63) is 83.4 Å². The standard InChI is InChI=1S/C30H31N3O7S2/c1-20-17-29(31-40-20)32-42(35,36)23-8-6-22(7-9-23)30(34)21(2)24-18-25(28-5-4-16-41-28)26(37-3)19-27(24)39-15-12-33-10-13-38-14-11-33/h4-9,16-19H,2,10-15H2,1,3H3,(H,31,32). The number of aromatic nitrogens is 1. The van der Waals surface area contributed by atoms with Crippen molar-refractivity contribution >= 4 is 38.5 Å². The summed E-state index contributed by atoms with van der Waals surface area (Å²) in [5.41, 5.74) is 1.84. The van der Waals surface area contributed by atoms with Crippen molar-refractivity contribution < 1.29 is 31.9 Å². The molecular formula is C30H31N3O7S2. The minimum absolute atomic E-state index is 0.0260. The first kappa shape index (κ1) is 29.5. The lowest BCUT2D eigenvalue weighted by Crippen LogP contribution is -2.38. The van der Waals surface area contributed by atoms with E-state index in [2.05, 4.69) is 21.4 Å². The highest BCUT2D eigenvalue weighted by Crippen LogP contribution is 2.41. The maximum atomic E-state index is 13.6. The summed E-state index contributed by atoms with van der Waals surface area (Å²) in [5.74, 6) is 1.28. The summed E-state index contributed by atoms with van der Waals surface area (Å²) >= 11 is 1.55. The smallest absolute Gasteiger partial charge is 0.263 e. The molecule has 0 unspecified atom stereocenters. The van der Waals surface area contributed by atoms with Crippen molar-refractivity contribution in [2.24, 2.45) is 0 Å². The third-order valence-electron chi connectivity index (χ3n) is 6.75. The summed E-state index contributed by atoms with van der Waals surface area (Å²) in [5, 5.41) is 5.63. The Hall–Kier alpha value is -3.97. The van der Waals surface area contributed by atoms with Crippen LogP contribution in [0.15, 0.2) is 76.0 Å². The summed E-state index contributed by atoms with van der Waals surface area (Å²) in [4.78, 5) is 16.8. The molecule has 1 N–H and O–H groups in total. The van der Waals surface area contributed by atoms with Crippen LogP contribution >= 0.6 is 11.3 Å². The lowest BCUT2D eigenvalue weighted by molar-refractivity contribution is 0.0322. The van der Waals surface area contributed by atoms with Crippen LogP contribution in [0.5, 0.6) is 11.5 Å². The second-order valence-electron chi connectivity index (χ2n) is 9.59. The predicted molar refractivity (Wildman–Crippen MR) is 161 cm³/mol. The Morgan fingerprint density at radius 3 is 2.52 bits per heavy atom. The van der Waals surface area contributed by atoms with Crippen molar-refractivity contribution in [2.75, 3.05) is 51.3 Å². The zero-order valence-electron chi connectivity index (χ0n) is 23.3. The molecular weight excluding hydrogens is 578 g/mol. The number of allylic oxidation sites excluding steroid dienone is 1. The molecule has 3 heterocycles. The molecule has 2 aromatic heterocycles. The number of ether oxygens (including phenoxy) is 3. The number of rotatable bonds is 12. The van der Waals surface area contributed by atoms with Crippen LogP contribution in [-0.4, -0.2) is 70.8 Å². The predicted octanol–water partition coefficient (Wildman–Crippen LogP) is 5.13. The lowest BCUT2D eigenvalue weighted by Gasteiger charge is -2.26. The number of carbonyl (C=O) groups excluding carboxylic acids is 1. The van der Waals surface area contributed by atoms with Crippen LogP contribution in [-0.2, 0) is 14.8 Å². The van der Waals surface area contributed by atoms with Crippen molar-refractivity contribution in [3.8, 4) is 21.9 Å². The van der Waals surface area contributed by atoms with Gasteiger partial charge in [-0.2, -0.15) is 0 Å². The van der Waals surface area contributed by atoms with Gasteiger partial charge in [0.25, 0.3) is 10.0 Å². The molecule has 0 spiro atoms.